The monoisotopic (exact) mass is 364 g/mol. The lowest BCUT2D eigenvalue weighted by Gasteiger charge is -2.47. The van der Waals surface area contributed by atoms with Crippen LogP contribution in [0.15, 0.2) is 24.3 Å². The molecule has 4 rings (SSSR count). The van der Waals surface area contributed by atoms with E-state index in [9.17, 15) is 18.8 Å². The van der Waals surface area contributed by atoms with Crippen LogP contribution in [-0.4, -0.2) is 75.9 Å². The summed E-state index contributed by atoms with van der Waals surface area (Å²) in [6.07, 6.45) is 0. The summed E-state index contributed by atoms with van der Waals surface area (Å²) >= 11 is 1.57. The number of piperazine rings is 2. The Kier molecular flexibility index (Phi) is 4.03. The van der Waals surface area contributed by atoms with Crippen LogP contribution in [0.5, 0.6) is 0 Å². The minimum absolute atomic E-state index is 0.0280. The molecule has 0 aliphatic carbocycles. The zero-order chi connectivity index (χ0) is 17.6. The van der Waals surface area contributed by atoms with Gasteiger partial charge < -0.3 is 20.0 Å². The number of benzene rings is 1. The molecule has 9 heteroatoms. The molecule has 7 nitrogen and oxygen atoms in total. The van der Waals surface area contributed by atoms with Crippen LogP contribution in [0.2, 0.25) is 0 Å². The third-order valence-electron chi connectivity index (χ3n) is 4.76. The molecule has 0 bridgehead atoms. The summed E-state index contributed by atoms with van der Waals surface area (Å²) in [6.45, 7) is 0.830. The highest BCUT2D eigenvalue weighted by Crippen LogP contribution is 2.30. The van der Waals surface area contributed by atoms with Gasteiger partial charge in [0.05, 0.1) is 12.4 Å². The van der Waals surface area contributed by atoms with Crippen molar-refractivity contribution in [2.75, 3.05) is 36.6 Å². The normalized spacial score (nSPS) is 25.7. The lowest BCUT2D eigenvalue weighted by molar-refractivity contribution is -0.161. The molecule has 0 saturated carbocycles. The van der Waals surface area contributed by atoms with Crippen molar-refractivity contribution in [3.63, 3.8) is 0 Å². The minimum Gasteiger partial charge on any atom is -0.325 e. The fraction of sp³-hybridized carbons (Fsp3) is 0.438. The van der Waals surface area contributed by atoms with Crippen LogP contribution in [-0.2, 0) is 9.59 Å². The first-order chi connectivity index (χ1) is 12.0. The van der Waals surface area contributed by atoms with E-state index in [-0.39, 0.29) is 24.4 Å². The van der Waals surface area contributed by atoms with Gasteiger partial charge in [0.15, 0.2) is 0 Å². The first-order valence-corrected chi connectivity index (χ1v) is 9.20. The van der Waals surface area contributed by atoms with Crippen molar-refractivity contribution in [1.29, 1.82) is 0 Å². The average Bonchev–Trinajstić information content (AvgIpc) is 3.09. The molecule has 3 fully saturated rings. The van der Waals surface area contributed by atoms with E-state index in [1.807, 2.05) is 0 Å². The van der Waals surface area contributed by atoms with Crippen LogP contribution < -0.4 is 5.32 Å². The van der Waals surface area contributed by atoms with E-state index in [1.54, 1.807) is 27.6 Å². The number of carbonyl (C=O) groups is 3. The summed E-state index contributed by atoms with van der Waals surface area (Å²) in [5.74, 6) is 0.595. The SMILES string of the molecule is O=C(Nc1cccc(F)c1)N1CCN2C(=O)[C@@H]3CSCN3C(=O)[C@H]2C1. The van der Waals surface area contributed by atoms with E-state index >= 15 is 0 Å². The fourth-order valence-corrected chi connectivity index (χ4v) is 4.61. The molecule has 0 radical (unpaired) electrons. The Morgan fingerprint density at radius 3 is 2.76 bits per heavy atom. The van der Waals surface area contributed by atoms with Crippen molar-refractivity contribution in [3.8, 4) is 0 Å². The van der Waals surface area contributed by atoms with Gasteiger partial charge in [-0.3, -0.25) is 9.59 Å². The highest BCUT2D eigenvalue weighted by molar-refractivity contribution is 7.99. The van der Waals surface area contributed by atoms with Crippen molar-refractivity contribution in [1.82, 2.24) is 14.7 Å². The van der Waals surface area contributed by atoms with Crippen LogP contribution in [0.3, 0.4) is 0 Å². The van der Waals surface area contributed by atoms with Gasteiger partial charge in [0, 0.05) is 24.5 Å². The van der Waals surface area contributed by atoms with Gasteiger partial charge in [0.1, 0.15) is 17.9 Å². The number of anilines is 1. The lowest BCUT2D eigenvalue weighted by atomic mass is 10.0. The number of amides is 4. The minimum atomic E-state index is -0.630. The maximum Gasteiger partial charge on any atom is 0.321 e. The van der Waals surface area contributed by atoms with Crippen LogP contribution >= 0.6 is 11.8 Å². The third-order valence-corrected chi connectivity index (χ3v) is 5.77. The molecule has 0 aromatic heterocycles. The maximum atomic E-state index is 13.2. The van der Waals surface area contributed by atoms with Gasteiger partial charge in [0.25, 0.3) is 0 Å². The average molecular weight is 364 g/mol. The summed E-state index contributed by atoms with van der Waals surface area (Å²) in [4.78, 5) is 42.4. The number of carbonyl (C=O) groups excluding carboxylic acids is 3. The molecular formula is C16H17FN4O3S. The number of thioether (sulfide) groups is 1. The molecule has 1 aromatic rings. The molecule has 3 heterocycles. The predicted molar refractivity (Wildman–Crippen MR) is 90.5 cm³/mol. The summed E-state index contributed by atoms with van der Waals surface area (Å²) in [7, 11) is 0. The number of halogens is 1. The molecule has 3 aliphatic rings. The Hall–Kier alpha value is -2.29. The second-order valence-corrected chi connectivity index (χ2v) is 7.26. The first kappa shape index (κ1) is 16.2. The lowest BCUT2D eigenvalue weighted by Crippen LogP contribution is -2.69. The molecule has 132 valence electrons. The van der Waals surface area contributed by atoms with Crippen LogP contribution in [0.1, 0.15) is 0 Å². The molecule has 1 aromatic carbocycles. The Balaban J connectivity index is 1.47. The zero-order valence-electron chi connectivity index (χ0n) is 13.4. The topological polar surface area (TPSA) is 73.0 Å². The van der Waals surface area contributed by atoms with Crippen molar-refractivity contribution < 1.29 is 18.8 Å². The number of fused-ring (bicyclic) bond motifs is 2. The van der Waals surface area contributed by atoms with Crippen LogP contribution in [0.4, 0.5) is 14.9 Å². The number of urea groups is 1. The van der Waals surface area contributed by atoms with Crippen molar-refractivity contribution in [2.24, 2.45) is 0 Å². The van der Waals surface area contributed by atoms with Gasteiger partial charge >= 0.3 is 6.03 Å². The Morgan fingerprint density at radius 2 is 1.96 bits per heavy atom. The Bertz CT molecular complexity index is 746. The first-order valence-electron chi connectivity index (χ1n) is 8.05. The van der Waals surface area contributed by atoms with E-state index in [0.717, 1.165) is 0 Å². The van der Waals surface area contributed by atoms with Crippen LogP contribution in [0.25, 0.3) is 0 Å². The number of hydrogen-bond donors (Lipinski definition) is 1. The molecular weight excluding hydrogens is 347 g/mol. The summed E-state index contributed by atoms with van der Waals surface area (Å²) in [5, 5.41) is 2.63. The highest BCUT2D eigenvalue weighted by Gasteiger charge is 2.50. The molecule has 2 atom stereocenters. The standard InChI is InChI=1S/C16H17FN4O3S/c17-10-2-1-3-11(6-10)18-16(24)19-4-5-20-12(7-19)14(22)21-9-25-8-13(21)15(20)23/h1-3,6,12-13H,4-5,7-9H2,(H,18,24)/t12-,13+/m1/s1. The molecule has 25 heavy (non-hydrogen) atoms. The highest BCUT2D eigenvalue weighted by atomic mass is 32.2. The summed E-state index contributed by atoms with van der Waals surface area (Å²) in [5.41, 5.74) is 0.356. The van der Waals surface area contributed by atoms with Gasteiger partial charge in [-0.15, -0.1) is 11.8 Å². The molecule has 0 spiro atoms. The van der Waals surface area contributed by atoms with Gasteiger partial charge in [-0.25, -0.2) is 9.18 Å². The fourth-order valence-electron chi connectivity index (χ4n) is 3.46. The number of nitrogens with one attached hydrogen (secondary N) is 1. The molecule has 1 N–H and O–H groups in total. The van der Waals surface area contributed by atoms with Crippen LogP contribution in [0, 0.1) is 5.82 Å². The van der Waals surface area contributed by atoms with Gasteiger partial charge in [-0.2, -0.15) is 0 Å². The maximum absolute atomic E-state index is 13.2. The number of hydrogen-bond acceptors (Lipinski definition) is 4. The largest absolute Gasteiger partial charge is 0.325 e. The van der Waals surface area contributed by atoms with Gasteiger partial charge in [0.2, 0.25) is 11.8 Å². The van der Waals surface area contributed by atoms with Crippen molar-refractivity contribution >= 4 is 35.3 Å². The second kappa shape index (κ2) is 6.21. The second-order valence-electron chi connectivity index (χ2n) is 6.26. The molecule has 3 saturated heterocycles. The smallest absolute Gasteiger partial charge is 0.321 e. The summed E-state index contributed by atoms with van der Waals surface area (Å²) in [6, 6.07) is 4.25. The van der Waals surface area contributed by atoms with Gasteiger partial charge in [-0.1, -0.05) is 6.07 Å². The number of nitrogens with zero attached hydrogens (tertiary/aromatic N) is 3. The van der Waals surface area contributed by atoms with E-state index in [0.29, 0.717) is 30.4 Å². The van der Waals surface area contributed by atoms with E-state index in [2.05, 4.69) is 5.32 Å². The quantitative estimate of drug-likeness (QED) is 0.800. The third kappa shape index (κ3) is 2.82. The molecule has 4 amide bonds. The van der Waals surface area contributed by atoms with Crippen molar-refractivity contribution in [2.45, 2.75) is 12.1 Å². The zero-order valence-corrected chi connectivity index (χ0v) is 14.2. The molecule has 3 aliphatic heterocycles. The molecule has 0 unspecified atom stereocenters. The van der Waals surface area contributed by atoms with Gasteiger partial charge in [-0.05, 0) is 18.2 Å². The van der Waals surface area contributed by atoms with E-state index < -0.39 is 17.9 Å². The van der Waals surface area contributed by atoms with Crippen molar-refractivity contribution in [3.05, 3.63) is 30.1 Å². The summed E-state index contributed by atoms with van der Waals surface area (Å²) < 4.78 is 13.2. The van der Waals surface area contributed by atoms with E-state index in [4.69, 9.17) is 0 Å². The Morgan fingerprint density at radius 1 is 1.16 bits per heavy atom. The Labute approximate surface area is 148 Å². The predicted octanol–water partition coefficient (Wildman–Crippen LogP) is 0.785. The number of rotatable bonds is 1. The van der Waals surface area contributed by atoms with E-state index in [1.165, 1.54) is 23.1 Å².